The number of hydrogen-bond acceptors (Lipinski definition) is 2. The van der Waals surface area contributed by atoms with Crippen LogP contribution in [-0.2, 0) is 16.1 Å². The van der Waals surface area contributed by atoms with Crippen LogP contribution in [-0.4, -0.2) is 6.61 Å². The highest BCUT2D eigenvalue weighted by Crippen LogP contribution is 2.47. The zero-order valence-corrected chi connectivity index (χ0v) is 12.4. The lowest BCUT2D eigenvalue weighted by molar-refractivity contribution is -0.0116. The molecule has 2 aromatic rings. The largest absolute Gasteiger partial charge is 0.373 e. The molecule has 0 aliphatic carbocycles. The van der Waals surface area contributed by atoms with Gasteiger partial charge >= 0.3 is 0 Å². The molecule has 0 saturated carbocycles. The van der Waals surface area contributed by atoms with Crippen LogP contribution in [0.2, 0.25) is 5.02 Å². The first-order valence-electron chi connectivity index (χ1n) is 7.39. The molecule has 2 nitrogen and oxygen atoms in total. The minimum absolute atomic E-state index is 0.0958. The van der Waals surface area contributed by atoms with Gasteiger partial charge in [-0.2, -0.15) is 0 Å². The van der Waals surface area contributed by atoms with E-state index in [9.17, 15) is 0 Å². The summed E-state index contributed by atoms with van der Waals surface area (Å²) in [4.78, 5) is 0. The van der Waals surface area contributed by atoms with Gasteiger partial charge in [0.2, 0.25) is 0 Å². The molecule has 4 rings (SSSR count). The molecule has 0 spiro atoms. The summed E-state index contributed by atoms with van der Waals surface area (Å²) in [7, 11) is 0. The van der Waals surface area contributed by atoms with Crippen LogP contribution in [0.15, 0.2) is 48.5 Å². The summed E-state index contributed by atoms with van der Waals surface area (Å²) in [6.45, 7) is 1.50. The number of ether oxygens (including phenoxy) is 2. The van der Waals surface area contributed by atoms with Gasteiger partial charge in [-0.3, -0.25) is 0 Å². The number of benzene rings is 2. The lowest BCUT2D eigenvalue weighted by atomic mass is 9.86. The molecule has 3 heteroatoms. The van der Waals surface area contributed by atoms with E-state index in [-0.39, 0.29) is 12.2 Å². The molecule has 0 amide bonds. The van der Waals surface area contributed by atoms with Crippen molar-refractivity contribution in [3.8, 4) is 0 Å². The second-order valence-corrected chi connectivity index (χ2v) is 6.16. The second-order valence-electron chi connectivity index (χ2n) is 5.73. The van der Waals surface area contributed by atoms with Gasteiger partial charge in [-0.15, -0.1) is 0 Å². The highest BCUT2D eigenvalue weighted by Gasteiger charge is 2.40. The first-order chi connectivity index (χ1) is 10.3. The molecule has 1 saturated heterocycles. The van der Waals surface area contributed by atoms with Gasteiger partial charge < -0.3 is 9.47 Å². The van der Waals surface area contributed by atoms with Crippen LogP contribution in [0.1, 0.15) is 35.3 Å². The SMILES string of the molecule is Clc1ccc([C@H]2OCC[C@@H]2[C@@H]2OCc3ccccc32)cc1. The fraction of sp³-hybridized carbons (Fsp3) is 0.333. The maximum absolute atomic E-state index is 6.08. The smallest absolute Gasteiger partial charge is 0.0890 e. The Labute approximate surface area is 129 Å². The predicted molar refractivity (Wildman–Crippen MR) is 82.2 cm³/mol. The Morgan fingerprint density at radius 2 is 1.71 bits per heavy atom. The Hall–Kier alpha value is -1.35. The minimum Gasteiger partial charge on any atom is -0.373 e. The van der Waals surface area contributed by atoms with E-state index < -0.39 is 0 Å². The van der Waals surface area contributed by atoms with Crippen molar-refractivity contribution in [2.75, 3.05) is 6.61 Å². The quantitative estimate of drug-likeness (QED) is 0.801. The minimum atomic E-state index is 0.0958. The monoisotopic (exact) mass is 300 g/mol. The van der Waals surface area contributed by atoms with Gasteiger partial charge in [0, 0.05) is 17.5 Å². The molecule has 2 aliphatic rings. The van der Waals surface area contributed by atoms with Crippen LogP contribution < -0.4 is 0 Å². The van der Waals surface area contributed by atoms with E-state index in [1.165, 1.54) is 16.7 Å². The normalized spacial score (nSPS) is 27.8. The summed E-state index contributed by atoms with van der Waals surface area (Å²) in [5.74, 6) is 0.370. The summed E-state index contributed by atoms with van der Waals surface area (Å²) in [6.07, 6.45) is 1.27. The van der Waals surface area contributed by atoms with Crippen molar-refractivity contribution < 1.29 is 9.47 Å². The van der Waals surface area contributed by atoms with Gasteiger partial charge in [0.1, 0.15) is 0 Å². The molecule has 21 heavy (non-hydrogen) atoms. The first kappa shape index (κ1) is 13.3. The van der Waals surface area contributed by atoms with E-state index in [4.69, 9.17) is 21.1 Å². The third-order valence-corrected chi connectivity index (χ3v) is 4.76. The maximum Gasteiger partial charge on any atom is 0.0890 e. The number of fused-ring (bicyclic) bond motifs is 1. The second kappa shape index (κ2) is 5.45. The molecular weight excluding hydrogens is 284 g/mol. The van der Waals surface area contributed by atoms with E-state index in [0.717, 1.165) is 18.1 Å². The first-order valence-corrected chi connectivity index (χ1v) is 7.77. The Morgan fingerprint density at radius 3 is 2.57 bits per heavy atom. The van der Waals surface area contributed by atoms with Gasteiger partial charge in [-0.05, 0) is 35.2 Å². The van der Waals surface area contributed by atoms with Crippen molar-refractivity contribution in [3.05, 3.63) is 70.2 Å². The van der Waals surface area contributed by atoms with Gasteiger partial charge in [0.15, 0.2) is 0 Å². The predicted octanol–water partition coefficient (Wildman–Crippen LogP) is 4.69. The zero-order valence-electron chi connectivity index (χ0n) is 11.7. The third kappa shape index (κ3) is 2.38. The van der Waals surface area contributed by atoms with Crippen molar-refractivity contribution in [2.45, 2.75) is 25.2 Å². The van der Waals surface area contributed by atoms with Crippen LogP contribution in [0.3, 0.4) is 0 Å². The molecule has 2 aliphatic heterocycles. The Morgan fingerprint density at radius 1 is 0.905 bits per heavy atom. The molecule has 0 N–H and O–H groups in total. The third-order valence-electron chi connectivity index (χ3n) is 4.50. The van der Waals surface area contributed by atoms with Gasteiger partial charge in [0.25, 0.3) is 0 Å². The van der Waals surface area contributed by atoms with Crippen LogP contribution in [0, 0.1) is 5.92 Å². The Bertz CT molecular complexity index is 638. The maximum atomic E-state index is 6.08. The highest BCUT2D eigenvalue weighted by atomic mass is 35.5. The van der Waals surface area contributed by atoms with Crippen molar-refractivity contribution in [3.63, 3.8) is 0 Å². The Kier molecular flexibility index (Phi) is 3.46. The van der Waals surface area contributed by atoms with E-state index in [1.807, 2.05) is 12.1 Å². The van der Waals surface area contributed by atoms with Crippen LogP contribution >= 0.6 is 11.6 Å². The number of rotatable bonds is 2. The van der Waals surface area contributed by atoms with Gasteiger partial charge in [-0.25, -0.2) is 0 Å². The van der Waals surface area contributed by atoms with Crippen LogP contribution in [0.5, 0.6) is 0 Å². The summed E-state index contributed by atoms with van der Waals surface area (Å²) in [6, 6.07) is 16.5. The average molecular weight is 301 g/mol. The summed E-state index contributed by atoms with van der Waals surface area (Å²) >= 11 is 5.98. The molecule has 0 unspecified atom stereocenters. The van der Waals surface area contributed by atoms with Crippen molar-refractivity contribution >= 4 is 11.6 Å². The molecule has 0 bridgehead atoms. The van der Waals surface area contributed by atoms with Crippen molar-refractivity contribution in [2.24, 2.45) is 5.92 Å². The van der Waals surface area contributed by atoms with E-state index >= 15 is 0 Å². The molecule has 1 fully saturated rings. The zero-order chi connectivity index (χ0) is 14.2. The van der Waals surface area contributed by atoms with Crippen molar-refractivity contribution in [1.82, 2.24) is 0 Å². The van der Waals surface area contributed by atoms with E-state index in [0.29, 0.717) is 12.5 Å². The average Bonchev–Trinajstić information content (AvgIpc) is 3.14. The van der Waals surface area contributed by atoms with E-state index in [2.05, 4.69) is 36.4 Å². The fourth-order valence-corrected chi connectivity index (χ4v) is 3.60. The lowest BCUT2D eigenvalue weighted by Gasteiger charge is -2.25. The highest BCUT2D eigenvalue weighted by molar-refractivity contribution is 6.30. The van der Waals surface area contributed by atoms with E-state index in [1.54, 1.807) is 0 Å². The number of halogens is 1. The molecule has 2 aromatic carbocycles. The summed E-state index contributed by atoms with van der Waals surface area (Å²) < 4.78 is 12.1. The molecule has 0 radical (unpaired) electrons. The van der Waals surface area contributed by atoms with Gasteiger partial charge in [-0.1, -0.05) is 48.0 Å². The Balaban J connectivity index is 1.64. The molecular formula is C18H17ClO2. The van der Waals surface area contributed by atoms with Gasteiger partial charge in [0.05, 0.1) is 18.8 Å². The standard InChI is InChI=1S/C18H17ClO2/c19-14-7-5-12(6-8-14)17-16(9-10-20-17)18-15-4-2-1-3-13(15)11-21-18/h1-8,16-18H,9-11H2/t16-,17+,18+/m0/s1. The molecule has 0 aromatic heterocycles. The van der Waals surface area contributed by atoms with Crippen LogP contribution in [0.25, 0.3) is 0 Å². The summed E-state index contributed by atoms with van der Waals surface area (Å²) in [5.41, 5.74) is 3.83. The number of hydrogen-bond donors (Lipinski definition) is 0. The molecule has 3 atom stereocenters. The molecule has 2 heterocycles. The fourth-order valence-electron chi connectivity index (χ4n) is 3.48. The summed E-state index contributed by atoms with van der Waals surface area (Å²) in [5, 5.41) is 0.760. The lowest BCUT2D eigenvalue weighted by Crippen LogP contribution is -2.16. The molecule has 108 valence electrons. The topological polar surface area (TPSA) is 18.5 Å². The van der Waals surface area contributed by atoms with Crippen LogP contribution in [0.4, 0.5) is 0 Å². The van der Waals surface area contributed by atoms with Crippen molar-refractivity contribution in [1.29, 1.82) is 0 Å².